The van der Waals surface area contributed by atoms with Gasteiger partial charge in [0, 0.05) is 23.5 Å². The molecule has 2 N–H and O–H groups in total. The quantitative estimate of drug-likeness (QED) is 0.752. The number of nitrogens with zero attached hydrogens (tertiary/aromatic N) is 1. The van der Waals surface area contributed by atoms with Crippen LogP contribution in [0.5, 0.6) is 5.75 Å². The largest absolute Gasteiger partial charge is 0.496 e. The molecule has 6 nitrogen and oxygen atoms in total. The predicted molar refractivity (Wildman–Crippen MR) is 96.6 cm³/mol. The summed E-state index contributed by atoms with van der Waals surface area (Å²) in [5, 5.41) is 4.23. The van der Waals surface area contributed by atoms with Crippen molar-refractivity contribution in [3.05, 3.63) is 40.5 Å². The van der Waals surface area contributed by atoms with Crippen molar-refractivity contribution >= 4 is 39.1 Å². The van der Waals surface area contributed by atoms with E-state index in [-0.39, 0.29) is 18.1 Å². The number of ketones is 1. The number of aryl methyl sites for hydroxylation is 1. The van der Waals surface area contributed by atoms with Gasteiger partial charge in [-0.3, -0.25) is 9.59 Å². The molecule has 2 heterocycles. The number of carbonyl (C=O) groups excluding carboxylic acids is 2. The van der Waals surface area contributed by atoms with Crippen molar-refractivity contribution in [2.24, 2.45) is 0 Å². The topological polar surface area (TPSA) is 84.1 Å². The molecule has 4 rings (SSSR count). The van der Waals surface area contributed by atoms with Crippen molar-refractivity contribution in [1.29, 1.82) is 0 Å². The van der Waals surface area contributed by atoms with Crippen LogP contribution in [0.1, 0.15) is 33.8 Å². The number of carbonyl (C=O) groups is 2. The fraction of sp³-hybridized carbons (Fsp3) is 0.278. The molecule has 1 aromatic carbocycles. The molecule has 0 fully saturated rings. The zero-order valence-electron chi connectivity index (χ0n) is 13.7. The molecule has 2 aromatic heterocycles. The Bertz CT molecular complexity index is 973. The smallest absolute Gasteiger partial charge is 0.230 e. The molecule has 1 aliphatic rings. The maximum atomic E-state index is 12.4. The van der Waals surface area contributed by atoms with Gasteiger partial charge < -0.3 is 15.0 Å². The van der Waals surface area contributed by atoms with E-state index < -0.39 is 0 Å². The first-order valence-electron chi connectivity index (χ1n) is 8.11. The van der Waals surface area contributed by atoms with Gasteiger partial charge in [-0.25, -0.2) is 4.98 Å². The van der Waals surface area contributed by atoms with Crippen LogP contribution in [0.4, 0.5) is 5.13 Å². The molecular formula is C18H17N3O3S. The first-order chi connectivity index (χ1) is 12.2. The van der Waals surface area contributed by atoms with Gasteiger partial charge in [0.2, 0.25) is 5.91 Å². The summed E-state index contributed by atoms with van der Waals surface area (Å²) in [6.45, 7) is 0. The Morgan fingerprint density at radius 2 is 2.28 bits per heavy atom. The predicted octanol–water partition coefficient (Wildman–Crippen LogP) is 3.33. The number of anilines is 1. The number of ether oxygens (including phenoxy) is 1. The SMILES string of the molecule is COc1cccc2[nH]cc(CC(=O)Nc3nc4c(s3)C(=O)CCC4)c12. The number of Topliss-reactive ketones (excluding diaryl/α,β-unsaturated/α-hetero) is 1. The summed E-state index contributed by atoms with van der Waals surface area (Å²) in [6.07, 6.45) is 4.23. The second-order valence-electron chi connectivity index (χ2n) is 5.99. The molecule has 25 heavy (non-hydrogen) atoms. The average Bonchev–Trinajstić information content (AvgIpc) is 3.19. The molecule has 0 aliphatic heterocycles. The van der Waals surface area contributed by atoms with Crippen LogP contribution in [0, 0.1) is 0 Å². The van der Waals surface area contributed by atoms with Crippen LogP contribution in [-0.2, 0) is 17.6 Å². The molecule has 0 bridgehead atoms. The lowest BCUT2D eigenvalue weighted by Crippen LogP contribution is -2.14. The van der Waals surface area contributed by atoms with E-state index in [1.165, 1.54) is 11.3 Å². The van der Waals surface area contributed by atoms with Gasteiger partial charge in [0.1, 0.15) is 5.75 Å². The number of H-pyrrole nitrogens is 1. The second-order valence-corrected chi connectivity index (χ2v) is 6.99. The van der Waals surface area contributed by atoms with Gasteiger partial charge in [0.05, 0.1) is 24.1 Å². The molecule has 3 aromatic rings. The number of amides is 1. The van der Waals surface area contributed by atoms with E-state index in [9.17, 15) is 9.59 Å². The van der Waals surface area contributed by atoms with Crippen molar-refractivity contribution < 1.29 is 14.3 Å². The number of hydrogen-bond acceptors (Lipinski definition) is 5. The normalized spacial score (nSPS) is 13.7. The van der Waals surface area contributed by atoms with Gasteiger partial charge in [-0.05, 0) is 30.5 Å². The van der Waals surface area contributed by atoms with Crippen LogP contribution >= 0.6 is 11.3 Å². The van der Waals surface area contributed by atoms with Crippen molar-refractivity contribution in [3.8, 4) is 5.75 Å². The Morgan fingerprint density at radius 1 is 1.40 bits per heavy atom. The standard InChI is InChI=1S/C18H17N3O3S/c1-24-14-7-3-4-11-16(14)10(9-19-11)8-15(23)21-18-20-12-5-2-6-13(22)17(12)25-18/h3-4,7,9,19H,2,5-6,8H2,1H3,(H,20,21,23). The Morgan fingerprint density at radius 3 is 3.08 bits per heavy atom. The summed E-state index contributed by atoms with van der Waals surface area (Å²) in [5.74, 6) is 0.697. The highest BCUT2D eigenvalue weighted by Gasteiger charge is 2.23. The number of benzene rings is 1. The molecule has 0 saturated carbocycles. The summed E-state index contributed by atoms with van der Waals surface area (Å²) >= 11 is 1.27. The maximum absolute atomic E-state index is 12.4. The highest BCUT2D eigenvalue weighted by molar-refractivity contribution is 7.17. The summed E-state index contributed by atoms with van der Waals surface area (Å²) in [6, 6.07) is 5.72. The average molecular weight is 355 g/mol. The summed E-state index contributed by atoms with van der Waals surface area (Å²) in [5.41, 5.74) is 2.60. The van der Waals surface area contributed by atoms with Crippen LogP contribution in [0.25, 0.3) is 10.9 Å². The third-order valence-electron chi connectivity index (χ3n) is 4.33. The van der Waals surface area contributed by atoms with Crippen LogP contribution in [0.2, 0.25) is 0 Å². The van der Waals surface area contributed by atoms with E-state index in [0.29, 0.717) is 16.4 Å². The zero-order valence-corrected chi connectivity index (χ0v) is 14.5. The van der Waals surface area contributed by atoms with Crippen LogP contribution in [-0.4, -0.2) is 28.8 Å². The number of aromatic amines is 1. The molecule has 0 saturated heterocycles. The number of fused-ring (bicyclic) bond motifs is 2. The minimum Gasteiger partial charge on any atom is -0.496 e. The molecule has 0 atom stereocenters. The Kier molecular flexibility index (Phi) is 4.01. The van der Waals surface area contributed by atoms with E-state index >= 15 is 0 Å². The molecule has 0 radical (unpaired) electrons. The summed E-state index contributed by atoms with van der Waals surface area (Å²) in [4.78, 5) is 32.6. The molecule has 0 unspecified atom stereocenters. The Hall–Kier alpha value is -2.67. The van der Waals surface area contributed by atoms with Crippen LogP contribution < -0.4 is 10.1 Å². The lowest BCUT2D eigenvalue weighted by molar-refractivity contribution is -0.115. The summed E-state index contributed by atoms with van der Waals surface area (Å²) in [7, 11) is 1.61. The van der Waals surface area contributed by atoms with Crippen LogP contribution in [0.15, 0.2) is 24.4 Å². The molecule has 1 amide bonds. The number of methoxy groups -OCH3 is 1. The van der Waals surface area contributed by atoms with Gasteiger partial charge >= 0.3 is 0 Å². The minimum atomic E-state index is -0.162. The fourth-order valence-corrected chi connectivity index (χ4v) is 4.18. The van der Waals surface area contributed by atoms with Gasteiger partial charge in [0.15, 0.2) is 10.9 Å². The number of nitrogens with one attached hydrogen (secondary N) is 2. The molecular weight excluding hydrogens is 338 g/mol. The third kappa shape index (κ3) is 2.91. The van der Waals surface area contributed by atoms with E-state index in [2.05, 4.69) is 15.3 Å². The lowest BCUT2D eigenvalue weighted by atomic mass is 10.0. The van der Waals surface area contributed by atoms with Gasteiger partial charge in [-0.15, -0.1) is 0 Å². The van der Waals surface area contributed by atoms with Crippen molar-refractivity contribution in [2.45, 2.75) is 25.7 Å². The van der Waals surface area contributed by atoms with Crippen molar-refractivity contribution in [3.63, 3.8) is 0 Å². The van der Waals surface area contributed by atoms with E-state index in [0.717, 1.165) is 40.8 Å². The van der Waals surface area contributed by atoms with Crippen molar-refractivity contribution in [2.75, 3.05) is 12.4 Å². The lowest BCUT2D eigenvalue weighted by Gasteiger charge is -2.05. The molecule has 128 valence electrons. The zero-order chi connectivity index (χ0) is 17.4. The Labute approximate surface area is 148 Å². The summed E-state index contributed by atoms with van der Waals surface area (Å²) < 4.78 is 5.39. The highest BCUT2D eigenvalue weighted by atomic mass is 32.1. The number of hydrogen-bond donors (Lipinski definition) is 2. The van der Waals surface area contributed by atoms with E-state index in [4.69, 9.17) is 4.74 Å². The van der Waals surface area contributed by atoms with Gasteiger partial charge in [-0.2, -0.15) is 0 Å². The van der Waals surface area contributed by atoms with Gasteiger partial charge in [-0.1, -0.05) is 17.4 Å². The first kappa shape index (κ1) is 15.8. The van der Waals surface area contributed by atoms with Gasteiger partial charge in [0.25, 0.3) is 0 Å². The second kappa shape index (κ2) is 6.33. The van der Waals surface area contributed by atoms with E-state index in [1.807, 2.05) is 24.4 Å². The van der Waals surface area contributed by atoms with Crippen molar-refractivity contribution in [1.82, 2.24) is 9.97 Å². The fourth-order valence-electron chi connectivity index (χ4n) is 3.19. The molecule has 0 spiro atoms. The number of thiazole rings is 1. The Balaban J connectivity index is 1.54. The number of rotatable bonds is 4. The third-order valence-corrected chi connectivity index (χ3v) is 5.39. The monoisotopic (exact) mass is 355 g/mol. The molecule has 7 heteroatoms. The molecule has 1 aliphatic carbocycles. The maximum Gasteiger partial charge on any atom is 0.230 e. The highest BCUT2D eigenvalue weighted by Crippen LogP contribution is 2.31. The van der Waals surface area contributed by atoms with Crippen LogP contribution in [0.3, 0.4) is 0 Å². The minimum absolute atomic E-state index is 0.126. The number of aromatic nitrogens is 2. The van der Waals surface area contributed by atoms with E-state index in [1.54, 1.807) is 7.11 Å². The first-order valence-corrected chi connectivity index (χ1v) is 8.93.